The first-order valence-corrected chi connectivity index (χ1v) is 9.73. The zero-order valence-corrected chi connectivity index (χ0v) is 16.4. The van der Waals surface area contributed by atoms with E-state index in [1.54, 1.807) is 18.3 Å². The van der Waals surface area contributed by atoms with Crippen LogP contribution in [0.3, 0.4) is 0 Å². The summed E-state index contributed by atoms with van der Waals surface area (Å²) in [5, 5.41) is 10.1. The second kappa shape index (κ2) is 8.76. The summed E-state index contributed by atoms with van der Waals surface area (Å²) >= 11 is 0. The van der Waals surface area contributed by atoms with Gasteiger partial charge in [0, 0.05) is 29.3 Å². The number of rotatable bonds is 7. The highest BCUT2D eigenvalue weighted by Gasteiger charge is 2.11. The molecule has 0 unspecified atom stereocenters. The van der Waals surface area contributed by atoms with Gasteiger partial charge in [-0.05, 0) is 47.0 Å². The van der Waals surface area contributed by atoms with E-state index in [0.717, 1.165) is 33.2 Å². The highest BCUT2D eigenvalue weighted by molar-refractivity contribution is 5.94. The molecule has 1 heterocycles. The summed E-state index contributed by atoms with van der Waals surface area (Å²) in [6, 6.07) is 23.4. The Bertz CT molecular complexity index is 1200. The Morgan fingerprint density at radius 2 is 1.83 bits per heavy atom. The van der Waals surface area contributed by atoms with Gasteiger partial charge < -0.3 is 15.6 Å². The molecule has 4 rings (SSSR count). The van der Waals surface area contributed by atoms with Crippen LogP contribution in [0.1, 0.15) is 16.7 Å². The fourth-order valence-electron chi connectivity index (χ4n) is 3.54. The van der Waals surface area contributed by atoms with Crippen LogP contribution in [0.5, 0.6) is 5.75 Å². The number of benzene rings is 3. The lowest BCUT2D eigenvalue weighted by Gasteiger charge is -2.13. The third kappa shape index (κ3) is 4.31. The molecule has 3 N–H and O–H groups in total. The van der Waals surface area contributed by atoms with Crippen LogP contribution < -0.4 is 10.5 Å². The van der Waals surface area contributed by atoms with Gasteiger partial charge in [-0.2, -0.15) is 0 Å². The van der Waals surface area contributed by atoms with Crippen molar-refractivity contribution in [2.24, 2.45) is 5.73 Å². The first-order valence-electron chi connectivity index (χ1n) is 9.73. The summed E-state index contributed by atoms with van der Waals surface area (Å²) in [5.41, 5.74) is 11.5. The Hall–Kier alpha value is -3.70. The fraction of sp³-hybridized carbons (Fsp3) is 0.120. The van der Waals surface area contributed by atoms with Crippen molar-refractivity contribution in [1.82, 2.24) is 4.98 Å². The van der Waals surface area contributed by atoms with E-state index in [0.29, 0.717) is 24.5 Å². The second-order valence-corrected chi connectivity index (χ2v) is 7.09. The number of carbonyl (C=O) groups is 1. The Morgan fingerprint density at radius 3 is 2.67 bits per heavy atom. The summed E-state index contributed by atoms with van der Waals surface area (Å²) in [4.78, 5) is 15.7. The molecule has 0 aliphatic heterocycles. The summed E-state index contributed by atoms with van der Waals surface area (Å²) in [6.45, 7) is 0.799. The molecule has 3 aromatic carbocycles. The van der Waals surface area contributed by atoms with Crippen LogP contribution in [0.4, 0.5) is 0 Å². The zero-order valence-electron chi connectivity index (χ0n) is 16.4. The van der Waals surface area contributed by atoms with E-state index >= 15 is 0 Å². The van der Waals surface area contributed by atoms with Gasteiger partial charge >= 0.3 is 5.97 Å². The second-order valence-electron chi connectivity index (χ2n) is 7.09. The van der Waals surface area contributed by atoms with Crippen molar-refractivity contribution in [1.29, 1.82) is 0 Å². The Labute approximate surface area is 174 Å². The molecule has 150 valence electrons. The Kier molecular flexibility index (Phi) is 5.72. The molecule has 0 saturated carbocycles. The predicted octanol–water partition coefficient (Wildman–Crippen LogP) is 4.57. The largest absolute Gasteiger partial charge is 0.489 e. The van der Waals surface area contributed by atoms with Crippen LogP contribution >= 0.6 is 0 Å². The lowest BCUT2D eigenvalue weighted by atomic mass is 9.97. The maximum atomic E-state index is 11.1. The van der Waals surface area contributed by atoms with Crippen LogP contribution in [0.15, 0.2) is 79.0 Å². The number of aliphatic carboxylic acids is 1. The normalized spacial score (nSPS) is 10.8. The number of carboxylic acid groups (broad SMARTS) is 1. The number of aromatic nitrogens is 1. The van der Waals surface area contributed by atoms with Gasteiger partial charge in [0.15, 0.2) is 0 Å². The number of pyridine rings is 1. The molecule has 0 spiro atoms. The molecule has 0 fully saturated rings. The average molecular weight is 398 g/mol. The third-order valence-electron chi connectivity index (χ3n) is 4.95. The fourth-order valence-corrected chi connectivity index (χ4v) is 3.54. The van der Waals surface area contributed by atoms with Crippen molar-refractivity contribution in [2.45, 2.75) is 19.6 Å². The quantitative estimate of drug-likeness (QED) is 0.476. The predicted molar refractivity (Wildman–Crippen MR) is 117 cm³/mol. The Balaban J connectivity index is 1.70. The van der Waals surface area contributed by atoms with E-state index < -0.39 is 5.97 Å². The van der Waals surface area contributed by atoms with E-state index in [1.807, 2.05) is 36.4 Å². The van der Waals surface area contributed by atoms with E-state index in [2.05, 4.69) is 29.2 Å². The van der Waals surface area contributed by atoms with Crippen molar-refractivity contribution < 1.29 is 14.6 Å². The first kappa shape index (κ1) is 19.6. The van der Waals surface area contributed by atoms with E-state index in [9.17, 15) is 4.79 Å². The number of para-hydroxylation sites is 1. The van der Waals surface area contributed by atoms with Crippen molar-refractivity contribution in [3.63, 3.8) is 0 Å². The van der Waals surface area contributed by atoms with Crippen molar-refractivity contribution >= 4 is 16.9 Å². The molecular weight excluding hydrogens is 376 g/mol. The SMILES string of the molecule is NCc1cccc(-c2cc(COc3ccccc3CC(=O)O)cc3cccnc23)c1. The van der Waals surface area contributed by atoms with Crippen molar-refractivity contribution in [3.05, 3.63) is 95.7 Å². The van der Waals surface area contributed by atoms with Crippen LogP contribution in [-0.2, 0) is 24.4 Å². The van der Waals surface area contributed by atoms with Crippen LogP contribution in [0.25, 0.3) is 22.0 Å². The lowest BCUT2D eigenvalue weighted by Crippen LogP contribution is -2.04. The molecule has 0 aliphatic carbocycles. The summed E-state index contributed by atoms with van der Waals surface area (Å²) < 4.78 is 6.01. The van der Waals surface area contributed by atoms with E-state index in [1.165, 1.54) is 0 Å². The number of fused-ring (bicyclic) bond motifs is 1. The van der Waals surface area contributed by atoms with Crippen LogP contribution in [-0.4, -0.2) is 16.1 Å². The van der Waals surface area contributed by atoms with E-state index in [-0.39, 0.29) is 6.42 Å². The molecule has 30 heavy (non-hydrogen) atoms. The van der Waals surface area contributed by atoms with Crippen LogP contribution in [0, 0.1) is 0 Å². The first-order chi connectivity index (χ1) is 14.6. The lowest BCUT2D eigenvalue weighted by molar-refractivity contribution is -0.136. The molecule has 5 nitrogen and oxygen atoms in total. The molecular formula is C25H22N2O3. The molecule has 0 amide bonds. The smallest absolute Gasteiger partial charge is 0.307 e. The topological polar surface area (TPSA) is 85.4 Å². The monoisotopic (exact) mass is 398 g/mol. The van der Waals surface area contributed by atoms with Gasteiger partial charge in [-0.3, -0.25) is 9.78 Å². The standard InChI is InChI=1S/C25H22N2O3/c26-15-17-5-3-7-19(11-17)22-13-18(12-21-8-4-10-27-25(21)22)16-30-23-9-2-1-6-20(23)14-24(28)29/h1-13H,14-16,26H2,(H,28,29). The number of nitrogens with zero attached hydrogens (tertiary/aromatic N) is 1. The minimum Gasteiger partial charge on any atom is -0.489 e. The molecule has 4 aromatic rings. The number of nitrogens with two attached hydrogens (primary N) is 1. The van der Waals surface area contributed by atoms with Gasteiger partial charge in [0.2, 0.25) is 0 Å². The minimum atomic E-state index is -0.884. The van der Waals surface area contributed by atoms with Crippen LogP contribution in [0.2, 0.25) is 0 Å². The molecule has 0 radical (unpaired) electrons. The van der Waals surface area contributed by atoms with Gasteiger partial charge in [0.05, 0.1) is 11.9 Å². The third-order valence-corrected chi connectivity index (χ3v) is 4.95. The van der Waals surface area contributed by atoms with Gasteiger partial charge in [0.1, 0.15) is 12.4 Å². The maximum absolute atomic E-state index is 11.1. The average Bonchev–Trinajstić information content (AvgIpc) is 2.77. The zero-order chi connectivity index (χ0) is 20.9. The Morgan fingerprint density at radius 1 is 0.967 bits per heavy atom. The van der Waals surface area contributed by atoms with Gasteiger partial charge in [-0.25, -0.2) is 0 Å². The van der Waals surface area contributed by atoms with Crippen molar-refractivity contribution in [2.75, 3.05) is 0 Å². The number of carboxylic acids is 1. The molecule has 0 bridgehead atoms. The van der Waals surface area contributed by atoms with Crippen molar-refractivity contribution in [3.8, 4) is 16.9 Å². The van der Waals surface area contributed by atoms with Gasteiger partial charge in [-0.1, -0.05) is 42.5 Å². The summed E-state index contributed by atoms with van der Waals surface area (Å²) in [7, 11) is 0. The summed E-state index contributed by atoms with van der Waals surface area (Å²) in [5.74, 6) is -0.303. The molecule has 0 atom stereocenters. The molecule has 0 saturated heterocycles. The molecule has 5 heteroatoms. The summed E-state index contributed by atoms with van der Waals surface area (Å²) in [6.07, 6.45) is 1.71. The number of ether oxygens (including phenoxy) is 1. The molecule has 0 aliphatic rings. The van der Waals surface area contributed by atoms with Gasteiger partial charge in [0.25, 0.3) is 0 Å². The molecule has 1 aromatic heterocycles. The number of hydrogen-bond acceptors (Lipinski definition) is 4. The number of hydrogen-bond donors (Lipinski definition) is 2. The maximum Gasteiger partial charge on any atom is 0.307 e. The van der Waals surface area contributed by atoms with E-state index in [4.69, 9.17) is 15.6 Å². The minimum absolute atomic E-state index is 0.0745. The highest BCUT2D eigenvalue weighted by atomic mass is 16.5. The highest BCUT2D eigenvalue weighted by Crippen LogP contribution is 2.30. The van der Waals surface area contributed by atoms with Gasteiger partial charge in [-0.15, -0.1) is 0 Å².